The van der Waals surface area contributed by atoms with Gasteiger partial charge in [-0.25, -0.2) is 4.79 Å². The minimum absolute atomic E-state index is 0. The third-order valence-corrected chi connectivity index (χ3v) is 6.17. The Labute approximate surface area is 184 Å². The molecule has 1 aliphatic carbocycles. The zero-order valence-corrected chi connectivity index (χ0v) is 18.5. The maximum Gasteiger partial charge on any atom is 0.320 e. The van der Waals surface area contributed by atoms with Gasteiger partial charge < -0.3 is 25.2 Å². The molecular formula is C21H32ClN5O3. The Morgan fingerprint density at radius 2 is 1.63 bits per heavy atom. The van der Waals surface area contributed by atoms with Crippen LogP contribution >= 0.6 is 12.4 Å². The molecular weight excluding hydrogens is 406 g/mol. The van der Waals surface area contributed by atoms with Crippen molar-refractivity contribution in [2.24, 2.45) is 11.7 Å². The summed E-state index contributed by atoms with van der Waals surface area (Å²) in [4.78, 5) is 30.6. The molecule has 1 saturated heterocycles. The lowest BCUT2D eigenvalue weighted by atomic mass is 9.85. The van der Waals surface area contributed by atoms with Gasteiger partial charge in [-0.2, -0.15) is 0 Å². The van der Waals surface area contributed by atoms with Crippen molar-refractivity contribution in [1.29, 1.82) is 5.41 Å². The number of halogens is 1. The SMILES string of the molecule is COC(=O)[C@H]1CC[C@@H](N(C)C(=O)N2CCN(c3ccc(C(=N)N)cc3)CC2)CC1.Cl. The molecule has 166 valence electrons. The molecule has 2 amide bonds. The predicted octanol–water partition coefficient (Wildman–Crippen LogP) is 2.30. The molecule has 8 nitrogen and oxygen atoms in total. The molecule has 1 saturated carbocycles. The maximum absolute atomic E-state index is 12.9. The second kappa shape index (κ2) is 10.5. The van der Waals surface area contributed by atoms with Crippen LogP contribution in [0.4, 0.5) is 10.5 Å². The molecule has 1 aromatic rings. The number of nitrogens with zero attached hydrogens (tertiary/aromatic N) is 3. The number of amides is 2. The van der Waals surface area contributed by atoms with Crippen molar-refractivity contribution in [3.8, 4) is 0 Å². The van der Waals surface area contributed by atoms with Crippen LogP contribution in [0.3, 0.4) is 0 Å². The van der Waals surface area contributed by atoms with E-state index in [1.165, 1.54) is 7.11 Å². The van der Waals surface area contributed by atoms with Gasteiger partial charge in [-0.05, 0) is 49.9 Å². The van der Waals surface area contributed by atoms with Crippen LogP contribution in [0.5, 0.6) is 0 Å². The molecule has 2 aliphatic rings. The maximum atomic E-state index is 12.9. The Balaban J connectivity index is 0.00000320. The number of hydrogen-bond donors (Lipinski definition) is 2. The molecule has 3 rings (SSSR count). The van der Waals surface area contributed by atoms with E-state index in [0.29, 0.717) is 18.7 Å². The number of urea groups is 1. The van der Waals surface area contributed by atoms with E-state index in [1.807, 2.05) is 41.1 Å². The quantitative estimate of drug-likeness (QED) is 0.427. The van der Waals surface area contributed by atoms with Crippen molar-refractivity contribution in [3.05, 3.63) is 29.8 Å². The number of piperazine rings is 1. The van der Waals surface area contributed by atoms with Crippen LogP contribution in [0, 0.1) is 11.3 Å². The molecule has 1 aliphatic heterocycles. The van der Waals surface area contributed by atoms with Crippen LogP contribution in [-0.2, 0) is 9.53 Å². The Kier molecular flexibility index (Phi) is 8.34. The van der Waals surface area contributed by atoms with Gasteiger partial charge in [0.25, 0.3) is 0 Å². The zero-order chi connectivity index (χ0) is 21.0. The third-order valence-electron chi connectivity index (χ3n) is 6.17. The van der Waals surface area contributed by atoms with Gasteiger partial charge in [-0.1, -0.05) is 0 Å². The highest BCUT2D eigenvalue weighted by Gasteiger charge is 2.32. The summed E-state index contributed by atoms with van der Waals surface area (Å²) in [6.07, 6.45) is 3.23. The number of esters is 1. The monoisotopic (exact) mass is 437 g/mol. The number of carbonyl (C=O) groups excluding carboxylic acids is 2. The normalized spacial score (nSPS) is 21.4. The summed E-state index contributed by atoms with van der Waals surface area (Å²) < 4.78 is 4.84. The first-order valence-corrected chi connectivity index (χ1v) is 10.2. The van der Waals surface area contributed by atoms with Crippen molar-refractivity contribution in [1.82, 2.24) is 9.80 Å². The molecule has 0 radical (unpaired) electrons. The fourth-order valence-corrected chi connectivity index (χ4v) is 4.25. The minimum Gasteiger partial charge on any atom is -0.469 e. The molecule has 0 unspecified atom stereocenters. The highest BCUT2D eigenvalue weighted by Crippen LogP contribution is 2.28. The van der Waals surface area contributed by atoms with Crippen LogP contribution in [0.2, 0.25) is 0 Å². The number of nitrogens with two attached hydrogens (primary N) is 1. The number of ether oxygens (including phenoxy) is 1. The second-order valence-corrected chi connectivity index (χ2v) is 7.86. The van der Waals surface area contributed by atoms with Gasteiger partial charge in [0.05, 0.1) is 13.0 Å². The largest absolute Gasteiger partial charge is 0.469 e. The van der Waals surface area contributed by atoms with Gasteiger partial charge in [0.2, 0.25) is 0 Å². The first-order chi connectivity index (χ1) is 13.9. The van der Waals surface area contributed by atoms with E-state index >= 15 is 0 Å². The summed E-state index contributed by atoms with van der Waals surface area (Å²) in [6.45, 7) is 2.90. The topological polar surface area (TPSA) is 103 Å². The van der Waals surface area contributed by atoms with Crippen LogP contribution in [0.25, 0.3) is 0 Å². The number of amidine groups is 1. The van der Waals surface area contributed by atoms with E-state index in [0.717, 1.165) is 44.5 Å². The van der Waals surface area contributed by atoms with E-state index < -0.39 is 0 Å². The number of anilines is 1. The molecule has 1 heterocycles. The lowest BCUT2D eigenvalue weighted by Crippen LogP contribution is -2.54. The number of nitrogens with one attached hydrogen (secondary N) is 1. The van der Waals surface area contributed by atoms with E-state index in [2.05, 4.69) is 4.90 Å². The summed E-state index contributed by atoms with van der Waals surface area (Å²) in [7, 11) is 3.31. The Morgan fingerprint density at radius 1 is 1.07 bits per heavy atom. The number of methoxy groups -OCH3 is 1. The molecule has 2 fully saturated rings. The second-order valence-electron chi connectivity index (χ2n) is 7.86. The smallest absolute Gasteiger partial charge is 0.320 e. The predicted molar refractivity (Wildman–Crippen MR) is 119 cm³/mol. The summed E-state index contributed by atoms with van der Waals surface area (Å²) >= 11 is 0. The van der Waals surface area contributed by atoms with Crippen LogP contribution < -0.4 is 10.6 Å². The van der Waals surface area contributed by atoms with Crippen LogP contribution in [0.15, 0.2) is 24.3 Å². The average molecular weight is 438 g/mol. The summed E-state index contributed by atoms with van der Waals surface area (Å²) in [5.41, 5.74) is 7.31. The van der Waals surface area contributed by atoms with E-state index in [9.17, 15) is 9.59 Å². The van der Waals surface area contributed by atoms with Crippen molar-refractivity contribution in [3.63, 3.8) is 0 Å². The lowest BCUT2D eigenvalue weighted by Gasteiger charge is -2.40. The van der Waals surface area contributed by atoms with Gasteiger partial charge in [-0.3, -0.25) is 10.2 Å². The number of carbonyl (C=O) groups is 2. The van der Waals surface area contributed by atoms with Gasteiger partial charge in [-0.15, -0.1) is 12.4 Å². The van der Waals surface area contributed by atoms with E-state index in [-0.39, 0.29) is 42.2 Å². The van der Waals surface area contributed by atoms with Gasteiger partial charge in [0.1, 0.15) is 5.84 Å². The van der Waals surface area contributed by atoms with Crippen molar-refractivity contribution in [2.45, 2.75) is 31.7 Å². The summed E-state index contributed by atoms with van der Waals surface area (Å²) in [6, 6.07) is 7.90. The highest BCUT2D eigenvalue weighted by atomic mass is 35.5. The molecule has 9 heteroatoms. The van der Waals surface area contributed by atoms with Crippen molar-refractivity contribution < 1.29 is 14.3 Å². The van der Waals surface area contributed by atoms with Crippen molar-refractivity contribution in [2.75, 3.05) is 45.2 Å². The Morgan fingerprint density at radius 3 is 2.13 bits per heavy atom. The fourth-order valence-electron chi connectivity index (χ4n) is 4.25. The molecule has 1 aromatic carbocycles. The number of hydrogen-bond acceptors (Lipinski definition) is 5. The lowest BCUT2D eigenvalue weighted by molar-refractivity contribution is -0.146. The average Bonchev–Trinajstić information content (AvgIpc) is 2.77. The van der Waals surface area contributed by atoms with Crippen LogP contribution in [0.1, 0.15) is 31.2 Å². The standard InChI is InChI=1S/C21H31N5O3.ClH/c1-24(17-7-5-16(6-8-17)20(27)29-2)21(28)26-13-11-25(12-14-26)18-9-3-15(4-10-18)19(22)23;/h3-4,9-10,16-17H,5-8,11-14H2,1-2H3,(H3,22,23);1H/t16-,17+;. The van der Waals surface area contributed by atoms with Gasteiger partial charge >= 0.3 is 12.0 Å². The summed E-state index contributed by atoms with van der Waals surface area (Å²) in [5.74, 6) is -0.0989. The molecule has 0 spiro atoms. The minimum atomic E-state index is -0.134. The third kappa shape index (κ3) is 5.36. The molecule has 0 atom stereocenters. The summed E-state index contributed by atoms with van der Waals surface area (Å²) in [5, 5.41) is 7.48. The first-order valence-electron chi connectivity index (χ1n) is 10.2. The highest BCUT2D eigenvalue weighted by molar-refractivity contribution is 5.95. The Hall–Kier alpha value is -2.48. The Bertz CT molecular complexity index is 742. The number of nitrogen functional groups attached to an aromatic ring is 1. The van der Waals surface area contributed by atoms with Gasteiger partial charge in [0, 0.05) is 50.5 Å². The number of benzene rings is 1. The molecule has 0 bridgehead atoms. The molecule has 0 aromatic heterocycles. The fraction of sp³-hybridized carbons (Fsp3) is 0.571. The van der Waals surface area contributed by atoms with Crippen LogP contribution in [-0.4, -0.2) is 74.0 Å². The van der Waals surface area contributed by atoms with Gasteiger partial charge in [0.15, 0.2) is 0 Å². The van der Waals surface area contributed by atoms with E-state index in [4.69, 9.17) is 15.9 Å². The van der Waals surface area contributed by atoms with E-state index in [1.54, 1.807) is 0 Å². The number of rotatable bonds is 4. The molecule has 30 heavy (non-hydrogen) atoms. The first kappa shape index (κ1) is 23.8. The van der Waals surface area contributed by atoms with Crippen molar-refractivity contribution >= 4 is 35.9 Å². The molecule has 3 N–H and O–H groups in total. The zero-order valence-electron chi connectivity index (χ0n) is 17.7.